The van der Waals surface area contributed by atoms with E-state index in [-0.39, 0.29) is 5.82 Å². The molecule has 0 saturated carbocycles. The molecule has 4 heteroatoms. The van der Waals surface area contributed by atoms with E-state index in [9.17, 15) is 4.39 Å². The van der Waals surface area contributed by atoms with Gasteiger partial charge in [0, 0.05) is 21.9 Å². The monoisotopic (exact) mass is 282 g/mol. The number of alkyl halides is 1. The Hall–Kier alpha value is 0.270. The molecule has 1 rings (SSSR count). The van der Waals surface area contributed by atoms with Crippen LogP contribution in [0.15, 0.2) is 22.7 Å². The number of hydrogen-bond donors (Lipinski definition) is 0. The van der Waals surface area contributed by atoms with Gasteiger partial charge in [0.15, 0.2) is 0 Å². The van der Waals surface area contributed by atoms with E-state index in [0.717, 1.165) is 21.5 Å². The Morgan fingerprint density at radius 2 is 2.23 bits per heavy atom. The van der Waals surface area contributed by atoms with Gasteiger partial charge in [-0.3, -0.25) is 0 Å². The molecule has 0 aromatic heterocycles. The van der Waals surface area contributed by atoms with E-state index in [1.54, 1.807) is 17.8 Å². The van der Waals surface area contributed by atoms with Crippen molar-refractivity contribution in [2.45, 2.75) is 5.75 Å². The Balaban J connectivity index is 2.56. The van der Waals surface area contributed by atoms with Crippen molar-refractivity contribution >= 4 is 39.3 Å². The Morgan fingerprint density at radius 3 is 2.85 bits per heavy atom. The molecule has 0 saturated heterocycles. The predicted molar refractivity (Wildman–Crippen MR) is 61.0 cm³/mol. The molecular formula is C9H9BrClFS. The molecule has 1 aromatic carbocycles. The van der Waals surface area contributed by atoms with Gasteiger partial charge in [0.1, 0.15) is 5.82 Å². The van der Waals surface area contributed by atoms with Crippen molar-refractivity contribution in [1.29, 1.82) is 0 Å². The van der Waals surface area contributed by atoms with E-state index in [2.05, 4.69) is 15.9 Å². The molecule has 13 heavy (non-hydrogen) atoms. The highest BCUT2D eigenvalue weighted by molar-refractivity contribution is 9.10. The Morgan fingerprint density at radius 1 is 1.46 bits per heavy atom. The lowest BCUT2D eigenvalue weighted by molar-refractivity contribution is 0.626. The van der Waals surface area contributed by atoms with Crippen molar-refractivity contribution in [3.05, 3.63) is 34.1 Å². The van der Waals surface area contributed by atoms with Crippen LogP contribution < -0.4 is 0 Å². The van der Waals surface area contributed by atoms with E-state index in [1.807, 2.05) is 0 Å². The second kappa shape index (κ2) is 5.89. The lowest BCUT2D eigenvalue weighted by Gasteiger charge is -2.03. The molecule has 72 valence electrons. The van der Waals surface area contributed by atoms with Crippen LogP contribution in [0.2, 0.25) is 0 Å². The summed E-state index contributed by atoms with van der Waals surface area (Å²) in [4.78, 5) is 0. The maximum atomic E-state index is 12.7. The fourth-order valence-electron chi connectivity index (χ4n) is 0.875. The molecule has 0 bridgehead atoms. The van der Waals surface area contributed by atoms with Crippen LogP contribution in [-0.4, -0.2) is 11.6 Å². The normalized spacial score (nSPS) is 10.4. The molecule has 0 radical (unpaired) electrons. The smallest absolute Gasteiger partial charge is 0.124 e. The summed E-state index contributed by atoms with van der Waals surface area (Å²) >= 11 is 10.6. The second-order valence-electron chi connectivity index (χ2n) is 2.48. The third-order valence-corrected chi connectivity index (χ3v) is 3.65. The molecule has 0 aliphatic carbocycles. The molecule has 0 aliphatic rings. The first-order valence-electron chi connectivity index (χ1n) is 3.81. The minimum absolute atomic E-state index is 0.210. The molecule has 0 amide bonds. The molecule has 0 N–H and O–H groups in total. The van der Waals surface area contributed by atoms with Crippen molar-refractivity contribution in [2.75, 3.05) is 11.6 Å². The highest BCUT2D eigenvalue weighted by atomic mass is 79.9. The second-order valence-corrected chi connectivity index (χ2v) is 4.81. The summed E-state index contributed by atoms with van der Waals surface area (Å²) < 4.78 is 13.5. The Kier molecular flexibility index (Phi) is 5.14. The van der Waals surface area contributed by atoms with Gasteiger partial charge in [0.2, 0.25) is 0 Å². The zero-order chi connectivity index (χ0) is 9.68. The number of rotatable bonds is 4. The summed E-state index contributed by atoms with van der Waals surface area (Å²) in [5, 5.41) is 0. The van der Waals surface area contributed by atoms with Crippen molar-refractivity contribution < 1.29 is 4.39 Å². The zero-order valence-electron chi connectivity index (χ0n) is 6.90. The van der Waals surface area contributed by atoms with Gasteiger partial charge in [-0.05, 0) is 17.7 Å². The first kappa shape index (κ1) is 11.3. The number of hydrogen-bond acceptors (Lipinski definition) is 1. The molecule has 0 heterocycles. The van der Waals surface area contributed by atoms with Crippen LogP contribution in [0, 0.1) is 5.82 Å². The summed E-state index contributed by atoms with van der Waals surface area (Å²) in [5.74, 6) is 2.24. The molecule has 0 atom stereocenters. The van der Waals surface area contributed by atoms with Crippen molar-refractivity contribution in [3.8, 4) is 0 Å². The molecule has 0 fully saturated rings. The SMILES string of the molecule is Fc1ccc(CSCCCl)c(Br)c1. The molecular weight excluding hydrogens is 275 g/mol. The van der Waals surface area contributed by atoms with Crippen molar-refractivity contribution in [2.24, 2.45) is 0 Å². The van der Waals surface area contributed by atoms with Crippen molar-refractivity contribution in [1.82, 2.24) is 0 Å². The van der Waals surface area contributed by atoms with Gasteiger partial charge in [0.25, 0.3) is 0 Å². The molecule has 0 unspecified atom stereocenters. The quantitative estimate of drug-likeness (QED) is 0.593. The van der Waals surface area contributed by atoms with Gasteiger partial charge in [-0.15, -0.1) is 11.6 Å². The minimum Gasteiger partial charge on any atom is -0.207 e. The predicted octanol–water partition coefficient (Wildman–Crippen LogP) is 4.06. The van der Waals surface area contributed by atoms with Crippen LogP contribution in [0.25, 0.3) is 0 Å². The van der Waals surface area contributed by atoms with E-state index in [0.29, 0.717) is 5.88 Å². The minimum atomic E-state index is -0.210. The molecule has 1 aromatic rings. The maximum Gasteiger partial charge on any atom is 0.124 e. The summed E-state index contributed by atoms with van der Waals surface area (Å²) in [5.41, 5.74) is 1.11. The van der Waals surface area contributed by atoms with Crippen LogP contribution in [0.1, 0.15) is 5.56 Å². The number of halogens is 3. The fourth-order valence-corrected chi connectivity index (χ4v) is 2.60. The standard InChI is InChI=1S/C9H9BrClFS/c10-9-5-8(12)2-1-7(9)6-13-4-3-11/h1-2,5H,3-4,6H2. The van der Waals surface area contributed by atoms with Gasteiger partial charge in [-0.2, -0.15) is 11.8 Å². The van der Waals surface area contributed by atoms with E-state index in [4.69, 9.17) is 11.6 Å². The fraction of sp³-hybridized carbons (Fsp3) is 0.333. The lowest BCUT2D eigenvalue weighted by Crippen LogP contribution is -1.87. The van der Waals surface area contributed by atoms with E-state index >= 15 is 0 Å². The Labute approximate surface area is 95.0 Å². The largest absolute Gasteiger partial charge is 0.207 e. The van der Waals surface area contributed by atoms with Crippen LogP contribution in [0.4, 0.5) is 4.39 Å². The Bertz CT molecular complexity index is 280. The molecule has 0 nitrogen and oxygen atoms in total. The summed E-state index contributed by atoms with van der Waals surface area (Å²) in [6, 6.07) is 4.75. The zero-order valence-corrected chi connectivity index (χ0v) is 10.1. The topological polar surface area (TPSA) is 0 Å². The van der Waals surface area contributed by atoms with Gasteiger partial charge < -0.3 is 0 Å². The van der Waals surface area contributed by atoms with Crippen LogP contribution in [-0.2, 0) is 5.75 Å². The summed E-state index contributed by atoms with van der Waals surface area (Å²) in [7, 11) is 0. The van der Waals surface area contributed by atoms with Crippen molar-refractivity contribution in [3.63, 3.8) is 0 Å². The first-order chi connectivity index (χ1) is 6.24. The summed E-state index contributed by atoms with van der Waals surface area (Å²) in [6.07, 6.45) is 0. The van der Waals surface area contributed by atoms with E-state index < -0.39 is 0 Å². The third-order valence-electron chi connectivity index (χ3n) is 1.49. The highest BCUT2D eigenvalue weighted by Gasteiger charge is 2.00. The molecule has 0 aliphatic heterocycles. The molecule has 0 spiro atoms. The van der Waals surface area contributed by atoms with Gasteiger partial charge in [-0.1, -0.05) is 22.0 Å². The summed E-state index contributed by atoms with van der Waals surface area (Å²) in [6.45, 7) is 0. The third kappa shape index (κ3) is 3.88. The van der Waals surface area contributed by atoms with Gasteiger partial charge in [0.05, 0.1) is 0 Å². The van der Waals surface area contributed by atoms with Crippen LogP contribution in [0.5, 0.6) is 0 Å². The first-order valence-corrected chi connectivity index (χ1v) is 6.30. The average molecular weight is 284 g/mol. The lowest BCUT2D eigenvalue weighted by atomic mass is 10.2. The number of thioether (sulfide) groups is 1. The number of benzene rings is 1. The maximum absolute atomic E-state index is 12.7. The van der Waals surface area contributed by atoms with Crippen LogP contribution in [0.3, 0.4) is 0 Å². The van der Waals surface area contributed by atoms with E-state index in [1.165, 1.54) is 12.1 Å². The van der Waals surface area contributed by atoms with Crippen LogP contribution >= 0.6 is 39.3 Å². The van der Waals surface area contributed by atoms with Gasteiger partial charge in [-0.25, -0.2) is 4.39 Å². The average Bonchev–Trinajstić information content (AvgIpc) is 2.09. The highest BCUT2D eigenvalue weighted by Crippen LogP contribution is 2.22. The van der Waals surface area contributed by atoms with Gasteiger partial charge >= 0.3 is 0 Å².